The highest BCUT2D eigenvalue weighted by Gasteiger charge is 2.36. The van der Waals surface area contributed by atoms with Gasteiger partial charge in [0.05, 0.1) is 6.54 Å². The minimum absolute atomic E-state index is 0.112. The third-order valence-corrected chi connectivity index (χ3v) is 2.05. The molecule has 2 nitrogen and oxygen atoms in total. The molecule has 0 spiro atoms. The Hall–Kier alpha value is -1.04. The van der Waals surface area contributed by atoms with Crippen molar-refractivity contribution in [1.82, 2.24) is 5.32 Å². The number of halogens is 1. The number of carbonyl (C=O) groups is 1. The molecule has 0 aromatic rings. The Morgan fingerprint density at radius 2 is 2.33 bits per heavy atom. The van der Waals surface area contributed by atoms with Crippen LogP contribution in [0.5, 0.6) is 0 Å². The Kier molecular flexibility index (Phi) is 2.69. The summed E-state index contributed by atoms with van der Waals surface area (Å²) in [7, 11) is 0. The molecule has 0 saturated heterocycles. The van der Waals surface area contributed by atoms with Crippen LogP contribution in [0.1, 0.15) is 26.2 Å². The van der Waals surface area contributed by atoms with Gasteiger partial charge in [0.15, 0.2) is 0 Å². The minimum Gasteiger partial charge on any atom is -0.342 e. The van der Waals surface area contributed by atoms with Crippen LogP contribution in [0.25, 0.3) is 0 Å². The van der Waals surface area contributed by atoms with Crippen molar-refractivity contribution >= 4 is 5.91 Å². The molecule has 0 aromatic heterocycles. The molecule has 1 aliphatic carbocycles. The van der Waals surface area contributed by atoms with Crippen LogP contribution in [0, 0.1) is 11.8 Å². The Labute approximate surface area is 71.5 Å². The van der Waals surface area contributed by atoms with Gasteiger partial charge in [0.1, 0.15) is 5.67 Å². The van der Waals surface area contributed by atoms with Gasteiger partial charge >= 0.3 is 0 Å². The Morgan fingerprint density at radius 1 is 1.67 bits per heavy atom. The molecule has 3 heteroatoms. The first-order valence-electron chi connectivity index (χ1n) is 4.06. The molecule has 0 aromatic carbocycles. The smallest absolute Gasteiger partial charge is 0.295 e. The molecule has 0 aliphatic heterocycles. The Morgan fingerprint density at radius 3 is 2.75 bits per heavy atom. The zero-order valence-corrected chi connectivity index (χ0v) is 7.11. The van der Waals surface area contributed by atoms with Gasteiger partial charge in [0.2, 0.25) is 0 Å². The molecule has 12 heavy (non-hydrogen) atoms. The number of carbonyl (C=O) groups excluding carboxylic acids is 1. The van der Waals surface area contributed by atoms with E-state index in [1.165, 1.54) is 0 Å². The van der Waals surface area contributed by atoms with Gasteiger partial charge in [-0.3, -0.25) is 4.79 Å². The maximum absolute atomic E-state index is 13.2. The van der Waals surface area contributed by atoms with E-state index < -0.39 is 5.67 Å². The Balaban J connectivity index is 2.23. The second-order valence-corrected chi connectivity index (χ2v) is 3.06. The molecule has 1 saturated carbocycles. The summed E-state index contributed by atoms with van der Waals surface area (Å²) in [5, 5.41) is 2.44. The summed E-state index contributed by atoms with van der Waals surface area (Å²) in [5.74, 6) is 4.37. The van der Waals surface area contributed by atoms with Crippen molar-refractivity contribution in [1.29, 1.82) is 0 Å². The van der Waals surface area contributed by atoms with Crippen molar-refractivity contribution in [3.8, 4) is 11.8 Å². The fraction of sp³-hybridized carbons (Fsp3) is 0.667. The van der Waals surface area contributed by atoms with Crippen LogP contribution >= 0.6 is 0 Å². The molecule has 0 bridgehead atoms. The lowest BCUT2D eigenvalue weighted by Gasteiger charge is -2.33. The quantitative estimate of drug-likeness (QED) is 0.614. The molecule has 1 amide bonds. The number of nitrogens with one attached hydrogen (secondary N) is 1. The first-order valence-corrected chi connectivity index (χ1v) is 4.06. The van der Waals surface area contributed by atoms with Gasteiger partial charge in [-0.25, -0.2) is 4.39 Å². The maximum Gasteiger partial charge on any atom is 0.295 e. The summed E-state index contributed by atoms with van der Waals surface area (Å²) in [4.78, 5) is 10.8. The number of hydrogen-bond donors (Lipinski definition) is 1. The summed E-state index contributed by atoms with van der Waals surface area (Å²) >= 11 is 0. The van der Waals surface area contributed by atoms with Gasteiger partial charge in [-0.15, -0.1) is 0 Å². The van der Waals surface area contributed by atoms with E-state index in [0.29, 0.717) is 12.8 Å². The standard InChI is InChI=1S/C9H12FNO/c1-2-4-8(12)11-7-9(10)5-3-6-9/h3,5-7H2,1H3,(H,11,12). The first-order chi connectivity index (χ1) is 5.66. The summed E-state index contributed by atoms with van der Waals surface area (Å²) in [5.41, 5.74) is -1.15. The molecule has 1 rings (SSSR count). The lowest BCUT2D eigenvalue weighted by molar-refractivity contribution is -0.116. The van der Waals surface area contributed by atoms with E-state index in [1.807, 2.05) is 0 Å². The average molecular weight is 169 g/mol. The predicted molar refractivity (Wildman–Crippen MR) is 44.1 cm³/mol. The zero-order valence-electron chi connectivity index (χ0n) is 7.11. The van der Waals surface area contributed by atoms with Gasteiger partial charge in [0, 0.05) is 0 Å². The predicted octanol–water partition coefficient (Wildman–Crippen LogP) is 1.02. The second-order valence-electron chi connectivity index (χ2n) is 3.06. The topological polar surface area (TPSA) is 29.1 Å². The highest BCUT2D eigenvalue weighted by Crippen LogP contribution is 2.34. The lowest BCUT2D eigenvalue weighted by atomic mass is 9.82. The normalized spacial score (nSPS) is 18.5. The fourth-order valence-corrected chi connectivity index (χ4v) is 1.13. The molecule has 1 fully saturated rings. The van der Waals surface area contributed by atoms with Crippen molar-refractivity contribution in [2.75, 3.05) is 6.54 Å². The highest BCUT2D eigenvalue weighted by molar-refractivity contribution is 5.93. The average Bonchev–Trinajstić information content (AvgIpc) is 1.98. The third-order valence-electron chi connectivity index (χ3n) is 2.05. The zero-order chi connectivity index (χ0) is 9.03. The van der Waals surface area contributed by atoms with Gasteiger partial charge in [-0.1, -0.05) is 5.92 Å². The summed E-state index contributed by atoms with van der Waals surface area (Å²) in [6.07, 6.45) is 2.05. The van der Waals surface area contributed by atoms with E-state index in [0.717, 1.165) is 6.42 Å². The van der Waals surface area contributed by atoms with Gasteiger partial charge < -0.3 is 5.32 Å². The van der Waals surface area contributed by atoms with Crippen molar-refractivity contribution in [2.45, 2.75) is 31.9 Å². The van der Waals surface area contributed by atoms with E-state index in [9.17, 15) is 9.18 Å². The van der Waals surface area contributed by atoms with E-state index in [-0.39, 0.29) is 12.5 Å². The summed E-state index contributed by atoms with van der Waals surface area (Å²) < 4.78 is 13.2. The van der Waals surface area contributed by atoms with Crippen LogP contribution < -0.4 is 5.32 Å². The number of rotatable bonds is 2. The molecule has 1 aliphatic rings. The van der Waals surface area contributed by atoms with Crippen LogP contribution in [0.2, 0.25) is 0 Å². The second kappa shape index (κ2) is 3.57. The van der Waals surface area contributed by atoms with Crippen molar-refractivity contribution < 1.29 is 9.18 Å². The molecule has 1 N–H and O–H groups in total. The minimum atomic E-state index is -1.15. The van der Waals surface area contributed by atoms with E-state index >= 15 is 0 Å². The van der Waals surface area contributed by atoms with E-state index in [4.69, 9.17) is 0 Å². The van der Waals surface area contributed by atoms with Crippen LogP contribution in [0.4, 0.5) is 4.39 Å². The van der Waals surface area contributed by atoms with Crippen molar-refractivity contribution in [3.63, 3.8) is 0 Å². The van der Waals surface area contributed by atoms with Crippen LogP contribution in [-0.4, -0.2) is 18.1 Å². The van der Waals surface area contributed by atoms with Crippen LogP contribution in [0.3, 0.4) is 0 Å². The van der Waals surface area contributed by atoms with Gasteiger partial charge in [-0.05, 0) is 32.1 Å². The highest BCUT2D eigenvalue weighted by atomic mass is 19.1. The number of amides is 1. The van der Waals surface area contributed by atoms with Crippen LogP contribution in [-0.2, 0) is 4.79 Å². The lowest BCUT2D eigenvalue weighted by Crippen LogP contribution is -2.44. The fourth-order valence-electron chi connectivity index (χ4n) is 1.13. The van der Waals surface area contributed by atoms with Crippen molar-refractivity contribution in [3.05, 3.63) is 0 Å². The first kappa shape index (κ1) is 9.05. The molecule has 0 unspecified atom stereocenters. The molecular formula is C9H12FNO. The molecule has 0 heterocycles. The van der Waals surface area contributed by atoms with E-state index in [1.54, 1.807) is 6.92 Å². The Bertz CT molecular complexity index is 235. The molecule has 0 radical (unpaired) electrons. The van der Waals surface area contributed by atoms with Crippen LogP contribution in [0.15, 0.2) is 0 Å². The largest absolute Gasteiger partial charge is 0.342 e. The summed E-state index contributed by atoms with van der Waals surface area (Å²) in [6.45, 7) is 1.69. The molecule has 66 valence electrons. The summed E-state index contributed by atoms with van der Waals surface area (Å²) in [6, 6.07) is 0. The monoisotopic (exact) mass is 169 g/mol. The number of alkyl halides is 1. The van der Waals surface area contributed by atoms with Crippen molar-refractivity contribution in [2.24, 2.45) is 0 Å². The SMILES string of the molecule is CC#CC(=O)NCC1(F)CCC1. The third kappa shape index (κ3) is 2.23. The number of hydrogen-bond acceptors (Lipinski definition) is 1. The molecule has 0 atom stereocenters. The maximum atomic E-state index is 13.2. The van der Waals surface area contributed by atoms with Gasteiger partial charge in [0.25, 0.3) is 5.91 Å². The molecular weight excluding hydrogens is 157 g/mol. The van der Waals surface area contributed by atoms with E-state index in [2.05, 4.69) is 17.2 Å². The van der Waals surface area contributed by atoms with Gasteiger partial charge in [-0.2, -0.15) is 0 Å².